The van der Waals surface area contributed by atoms with Gasteiger partial charge in [-0.2, -0.15) is 0 Å². The molecule has 0 saturated carbocycles. The number of fused-ring (bicyclic) bond motifs is 1. The Morgan fingerprint density at radius 2 is 1.68 bits per heavy atom. The molecule has 162 valence electrons. The quantitative estimate of drug-likeness (QED) is 0.665. The van der Waals surface area contributed by atoms with E-state index in [-0.39, 0.29) is 24.1 Å². The fraction of sp³-hybridized carbons (Fsp3) is 0.304. The second kappa shape index (κ2) is 9.42. The third kappa shape index (κ3) is 5.28. The molecule has 2 aromatic rings. The Balaban J connectivity index is 1.77. The van der Waals surface area contributed by atoms with Gasteiger partial charge in [0.2, 0.25) is 11.8 Å². The van der Waals surface area contributed by atoms with Crippen molar-refractivity contribution in [2.24, 2.45) is 0 Å². The van der Waals surface area contributed by atoms with Gasteiger partial charge in [-0.3, -0.25) is 24.1 Å². The number of Topliss-reactive ketones (excluding diaryl/α,β-unsaturated/α-hetero) is 1. The van der Waals surface area contributed by atoms with Gasteiger partial charge >= 0.3 is 0 Å². The highest BCUT2D eigenvalue weighted by molar-refractivity contribution is 6.07. The Labute approximate surface area is 180 Å². The largest absolute Gasteiger partial charge is 0.479 e. The number of benzene rings is 2. The first-order valence-corrected chi connectivity index (χ1v) is 10.1. The monoisotopic (exact) mass is 423 g/mol. The van der Waals surface area contributed by atoms with Gasteiger partial charge in [-0.15, -0.1) is 0 Å². The van der Waals surface area contributed by atoms with Crippen molar-refractivity contribution in [2.75, 3.05) is 22.1 Å². The van der Waals surface area contributed by atoms with Gasteiger partial charge in [0.15, 0.2) is 11.9 Å². The van der Waals surface area contributed by atoms with Gasteiger partial charge in [0.05, 0.1) is 5.69 Å². The van der Waals surface area contributed by atoms with E-state index in [1.165, 1.54) is 11.8 Å². The molecule has 0 aromatic heterocycles. The molecule has 0 saturated heterocycles. The van der Waals surface area contributed by atoms with Crippen LogP contribution in [0.2, 0.25) is 0 Å². The summed E-state index contributed by atoms with van der Waals surface area (Å²) in [6, 6.07) is 11.6. The maximum Gasteiger partial charge on any atom is 0.268 e. The molecule has 1 unspecified atom stereocenters. The molecule has 3 rings (SSSR count). The minimum Gasteiger partial charge on any atom is -0.479 e. The summed E-state index contributed by atoms with van der Waals surface area (Å²) in [5.74, 6) is -0.519. The fourth-order valence-electron chi connectivity index (χ4n) is 3.30. The van der Waals surface area contributed by atoms with Crippen LogP contribution < -0.4 is 20.3 Å². The zero-order chi connectivity index (χ0) is 22.5. The number of nitrogens with one attached hydrogen (secondary N) is 2. The van der Waals surface area contributed by atoms with Crippen LogP contribution in [0.25, 0.3) is 0 Å². The molecule has 0 spiro atoms. The molecule has 3 amide bonds. The van der Waals surface area contributed by atoms with Gasteiger partial charge < -0.3 is 15.4 Å². The summed E-state index contributed by atoms with van der Waals surface area (Å²) >= 11 is 0. The van der Waals surface area contributed by atoms with Crippen molar-refractivity contribution < 1.29 is 23.9 Å². The first-order valence-electron chi connectivity index (χ1n) is 10.1. The summed E-state index contributed by atoms with van der Waals surface area (Å²) in [7, 11) is 0. The van der Waals surface area contributed by atoms with Crippen molar-refractivity contribution in [3.05, 3.63) is 48.0 Å². The van der Waals surface area contributed by atoms with E-state index in [0.717, 1.165) is 6.42 Å². The minimum atomic E-state index is -0.741. The number of carbonyl (C=O) groups is 4. The molecule has 8 nitrogen and oxygen atoms in total. The molecule has 2 aromatic carbocycles. The first-order chi connectivity index (χ1) is 14.8. The Morgan fingerprint density at radius 1 is 1.03 bits per heavy atom. The first kappa shape index (κ1) is 22.0. The lowest BCUT2D eigenvalue weighted by Gasteiger charge is -2.32. The standard InChI is InChI=1S/C23H25N3O5/c1-4-5-20(28)16-6-11-21-19(12-16)26(23(30)14(2)31-21)13-22(29)25-18-9-7-17(8-10-18)24-15(3)27/h6-12,14H,4-5,13H2,1-3H3,(H,24,27)(H,25,29). The van der Waals surface area contributed by atoms with Gasteiger partial charge in [0.1, 0.15) is 12.3 Å². The highest BCUT2D eigenvalue weighted by atomic mass is 16.5. The Morgan fingerprint density at radius 3 is 2.29 bits per heavy atom. The SMILES string of the molecule is CCCC(=O)c1ccc2c(c1)N(CC(=O)Nc1ccc(NC(C)=O)cc1)C(=O)C(C)O2. The molecule has 1 aliphatic heterocycles. The average Bonchev–Trinajstić information content (AvgIpc) is 2.72. The average molecular weight is 423 g/mol. The number of anilines is 3. The number of amides is 3. The van der Waals surface area contributed by atoms with E-state index in [1.54, 1.807) is 49.4 Å². The predicted octanol–water partition coefficient (Wildman–Crippen LogP) is 3.38. The second-order valence-electron chi connectivity index (χ2n) is 7.35. The molecule has 31 heavy (non-hydrogen) atoms. The van der Waals surface area contributed by atoms with Crippen LogP contribution >= 0.6 is 0 Å². The van der Waals surface area contributed by atoms with Crippen LogP contribution in [0.4, 0.5) is 17.1 Å². The van der Waals surface area contributed by atoms with Crippen LogP contribution in [0.3, 0.4) is 0 Å². The summed E-state index contributed by atoms with van der Waals surface area (Å²) in [5.41, 5.74) is 2.02. The molecule has 1 aliphatic rings. The molecule has 0 radical (unpaired) electrons. The van der Waals surface area contributed by atoms with E-state index in [1.807, 2.05) is 6.92 Å². The third-order valence-electron chi connectivity index (χ3n) is 4.76. The van der Waals surface area contributed by atoms with Crippen molar-refractivity contribution in [1.29, 1.82) is 0 Å². The van der Waals surface area contributed by atoms with Crippen LogP contribution in [0.5, 0.6) is 5.75 Å². The lowest BCUT2D eigenvalue weighted by Crippen LogP contribution is -2.47. The molecule has 1 atom stereocenters. The Kier molecular flexibility index (Phi) is 6.69. The van der Waals surface area contributed by atoms with Gasteiger partial charge in [-0.25, -0.2) is 0 Å². The summed E-state index contributed by atoms with van der Waals surface area (Å²) in [5, 5.41) is 5.39. The maximum atomic E-state index is 12.7. The van der Waals surface area contributed by atoms with E-state index in [4.69, 9.17) is 4.74 Å². The maximum absolute atomic E-state index is 12.7. The van der Waals surface area contributed by atoms with Crippen molar-refractivity contribution in [1.82, 2.24) is 0 Å². The van der Waals surface area contributed by atoms with E-state index < -0.39 is 12.0 Å². The van der Waals surface area contributed by atoms with Crippen LogP contribution in [-0.4, -0.2) is 36.2 Å². The molecule has 1 heterocycles. The number of hydrogen-bond donors (Lipinski definition) is 2. The number of carbonyl (C=O) groups excluding carboxylic acids is 4. The van der Waals surface area contributed by atoms with Crippen LogP contribution in [0.1, 0.15) is 44.0 Å². The van der Waals surface area contributed by atoms with Crippen molar-refractivity contribution >= 4 is 40.6 Å². The molecular formula is C23H25N3O5. The zero-order valence-electron chi connectivity index (χ0n) is 17.7. The molecule has 0 fully saturated rings. The molecule has 0 aliphatic carbocycles. The summed E-state index contributed by atoms with van der Waals surface area (Å²) in [6.07, 6.45) is 0.378. The van der Waals surface area contributed by atoms with E-state index in [9.17, 15) is 19.2 Å². The number of rotatable bonds is 7. The highest BCUT2D eigenvalue weighted by Crippen LogP contribution is 2.35. The number of hydrogen-bond acceptors (Lipinski definition) is 5. The third-order valence-corrected chi connectivity index (χ3v) is 4.76. The van der Waals surface area contributed by atoms with Crippen molar-refractivity contribution in [3.63, 3.8) is 0 Å². The predicted molar refractivity (Wildman–Crippen MR) is 117 cm³/mol. The highest BCUT2D eigenvalue weighted by Gasteiger charge is 2.33. The normalized spacial score (nSPS) is 15.0. The number of nitrogens with zero attached hydrogens (tertiary/aromatic N) is 1. The van der Waals surface area contributed by atoms with Gasteiger partial charge in [0.25, 0.3) is 5.91 Å². The van der Waals surface area contributed by atoms with E-state index >= 15 is 0 Å². The van der Waals surface area contributed by atoms with Crippen LogP contribution in [0.15, 0.2) is 42.5 Å². The Hall–Kier alpha value is -3.68. The topological polar surface area (TPSA) is 105 Å². The Bertz CT molecular complexity index is 1020. The lowest BCUT2D eigenvalue weighted by molar-refractivity contribution is -0.127. The van der Waals surface area contributed by atoms with Gasteiger partial charge in [-0.05, 0) is 55.8 Å². The minimum absolute atomic E-state index is 0.0277. The summed E-state index contributed by atoms with van der Waals surface area (Å²) in [4.78, 5) is 50.1. The second-order valence-corrected chi connectivity index (χ2v) is 7.35. The summed E-state index contributed by atoms with van der Waals surface area (Å²) in [6.45, 7) is 4.73. The van der Waals surface area contributed by atoms with Crippen molar-refractivity contribution in [2.45, 2.75) is 39.7 Å². The van der Waals surface area contributed by atoms with Gasteiger partial charge in [-0.1, -0.05) is 6.92 Å². The lowest BCUT2D eigenvalue weighted by atomic mass is 10.0. The van der Waals surface area contributed by atoms with Gasteiger partial charge in [0, 0.05) is 30.3 Å². The fourth-order valence-corrected chi connectivity index (χ4v) is 3.30. The number of ketones is 1. The van der Waals surface area contributed by atoms with Crippen LogP contribution in [-0.2, 0) is 14.4 Å². The molecule has 2 N–H and O–H groups in total. The molecule has 0 bridgehead atoms. The van der Waals surface area contributed by atoms with E-state index in [0.29, 0.717) is 34.8 Å². The van der Waals surface area contributed by atoms with Crippen molar-refractivity contribution in [3.8, 4) is 5.75 Å². The number of ether oxygens (including phenoxy) is 1. The summed E-state index contributed by atoms with van der Waals surface area (Å²) < 4.78 is 5.64. The molecular weight excluding hydrogens is 398 g/mol. The zero-order valence-corrected chi connectivity index (χ0v) is 17.7. The van der Waals surface area contributed by atoms with E-state index in [2.05, 4.69) is 10.6 Å². The van der Waals surface area contributed by atoms with Crippen LogP contribution in [0, 0.1) is 0 Å². The smallest absolute Gasteiger partial charge is 0.268 e. The molecule has 8 heteroatoms.